The monoisotopic (exact) mass is 342 g/mol. The molecule has 6 nitrogen and oxygen atoms in total. The molecule has 25 heavy (non-hydrogen) atoms. The van der Waals surface area contributed by atoms with Crippen LogP contribution in [0.1, 0.15) is 6.92 Å². The van der Waals surface area contributed by atoms with Gasteiger partial charge in [0.2, 0.25) is 11.8 Å². The van der Waals surface area contributed by atoms with Gasteiger partial charge in [0.25, 0.3) is 0 Å². The minimum atomic E-state index is -0.239. The highest BCUT2D eigenvalue weighted by Gasteiger charge is 2.15. The molecule has 2 rings (SSSR count). The number of benzene rings is 2. The van der Waals surface area contributed by atoms with Crippen molar-refractivity contribution in [3.63, 3.8) is 0 Å². The fourth-order valence-electron chi connectivity index (χ4n) is 2.22. The smallest absolute Gasteiger partial charge is 0.240 e. The molecule has 0 unspecified atom stereocenters. The largest absolute Gasteiger partial charge is 0.497 e. The second kappa shape index (κ2) is 9.32. The summed E-state index contributed by atoms with van der Waals surface area (Å²) in [5, 5.41) is 2.75. The van der Waals surface area contributed by atoms with E-state index in [4.69, 9.17) is 9.47 Å². The summed E-state index contributed by atoms with van der Waals surface area (Å²) in [6.07, 6.45) is 0. The maximum atomic E-state index is 12.0. The fraction of sp³-hybridized carbons (Fsp3) is 0.263. The number of nitrogens with one attached hydrogen (secondary N) is 1. The maximum absolute atomic E-state index is 12.0. The SMILES string of the molecule is COc1ccc(OCCNC(=O)CN(C(C)=O)c2ccccc2)cc1. The molecule has 132 valence electrons. The van der Waals surface area contributed by atoms with Crippen LogP contribution in [0.25, 0.3) is 0 Å². The van der Waals surface area contributed by atoms with E-state index in [1.54, 1.807) is 43.5 Å². The van der Waals surface area contributed by atoms with Crippen molar-refractivity contribution < 1.29 is 19.1 Å². The normalized spacial score (nSPS) is 10.0. The van der Waals surface area contributed by atoms with E-state index >= 15 is 0 Å². The van der Waals surface area contributed by atoms with Gasteiger partial charge in [-0.25, -0.2) is 0 Å². The van der Waals surface area contributed by atoms with Crippen LogP contribution in [0.2, 0.25) is 0 Å². The van der Waals surface area contributed by atoms with Crippen LogP contribution in [-0.4, -0.2) is 38.6 Å². The lowest BCUT2D eigenvalue weighted by atomic mass is 10.3. The Morgan fingerprint density at radius 2 is 1.64 bits per heavy atom. The Hall–Kier alpha value is -3.02. The van der Waals surface area contributed by atoms with Gasteiger partial charge in [-0.1, -0.05) is 18.2 Å². The van der Waals surface area contributed by atoms with Gasteiger partial charge in [-0.3, -0.25) is 9.59 Å². The molecule has 0 aromatic heterocycles. The summed E-state index contributed by atoms with van der Waals surface area (Å²) in [4.78, 5) is 25.2. The Bertz CT molecular complexity index is 686. The zero-order chi connectivity index (χ0) is 18.1. The highest BCUT2D eigenvalue weighted by Crippen LogP contribution is 2.16. The van der Waals surface area contributed by atoms with Gasteiger partial charge >= 0.3 is 0 Å². The molecule has 0 heterocycles. The van der Waals surface area contributed by atoms with Crippen molar-refractivity contribution in [2.24, 2.45) is 0 Å². The van der Waals surface area contributed by atoms with Crippen molar-refractivity contribution in [1.82, 2.24) is 5.32 Å². The average Bonchev–Trinajstić information content (AvgIpc) is 2.64. The predicted octanol–water partition coefficient (Wildman–Crippen LogP) is 2.24. The molecule has 0 saturated carbocycles. The number of hydrogen-bond donors (Lipinski definition) is 1. The molecule has 0 aliphatic rings. The predicted molar refractivity (Wildman–Crippen MR) is 96.0 cm³/mol. The van der Waals surface area contributed by atoms with Crippen molar-refractivity contribution in [3.05, 3.63) is 54.6 Å². The van der Waals surface area contributed by atoms with Crippen LogP contribution in [0.3, 0.4) is 0 Å². The number of amides is 2. The van der Waals surface area contributed by atoms with Crippen molar-refractivity contribution in [1.29, 1.82) is 0 Å². The van der Waals surface area contributed by atoms with Crippen LogP contribution in [-0.2, 0) is 9.59 Å². The Kier molecular flexibility index (Phi) is 6.83. The second-order valence-electron chi connectivity index (χ2n) is 5.31. The van der Waals surface area contributed by atoms with Crippen molar-refractivity contribution in [3.8, 4) is 11.5 Å². The average molecular weight is 342 g/mol. The van der Waals surface area contributed by atoms with E-state index in [9.17, 15) is 9.59 Å². The molecular formula is C19H22N2O4. The van der Waals surface area contributed by atoms with Gasteiger partial charge in [-0.15, -0.1) is 0 Å². The van der Waals surface area contributed by atoms with E-state index in [-0.39, 0.29) is 18.4 Å². The van der Waals surface area contributed by atoms with Crippen LogP contribution in [0.4, 0.5) is 5.69 Å². The highest BCUT2D eigenvalue weighted by atomic mass is 16.5. The molecule has 2 amide bonds. The van der Waals surface area contributed by atoms with Crippen molar-refractivity contribution in [2.75, 3.05) is 31.7 Å². The minimum Gasteiger partial charge on any atom is -0.497 e. The third-order valence-electron chi connectivity index (χ3n) is 3.50. The van der Waals surface area contributed by atoms with Gasteiger partial charge in [-0.2, -0.15) is 0 Å². The number of nitrogens with zero attached hydrogens (tertiary/aromatic N) is 1. The van der Waals surface area contributed by atoms with Crippen LogP contribution in [0.15, 0.2) is 54.6 Å². The molecule has 2 aromatic rings. The molecule has 2 aromatic carbocycles. The first-order valence-corrected chi connectivity index (χ1v) is 7.97. The Morgan fingerprint density at radius 1 is 1.00 bits per heavy atom. The standard InChI is InChI=1S/C19H22N2O4/c1-15(22)21(16-6-4-3-5-7-16)14-19(23)20-12-13-25-18-10-8-17(24-2)9-11-18/h3-11H,12-14H2,1-2H3,(H,20,23). The van der Waals surface area contributed by atoms with Gasteiger partial charge in [0.15, 0.2) is 0 Å². The van der Waals surface area contributed by atoms with E-state index in [1.165, 1.54) is 11.8 Å². The number of carbonyl (C=O) groups is 2. The summed E-state index contributed by atoms with van der Waals surface area (Å²) in [5.41, 5.74) is 0.694. The zero-order valence-electron chi connectivity index (χ0n) is 14.4. The van der Waals surface area contributed by atoms with E-state index in [2.05, 4.69) is 5.32 Å². The quantitative estimate of drug-likeness (QED) is 0.747. The maximum Gasteiger partial charge on any atom is 0.240 e. The first-order chi connectivity index (χ1) is 12.1. The first kappa shape index (κ1) is 18.3. The third-order valence-corrected chi connectivity index (χ3v) is 3.50. The molecule has 0 spiro atoms. The molecular weight excluding hydrogens is 320 g/mol. The summed E-state index contributed by atoms with van der Waals surface area (Å²) in [6, 6.07) is 16.3. The molecule has 1 N–H and O–H groups in total. The summed E-state index contributed by atoms with van der Waals surface area (Å²) < 4.78 is 10.6. The third kappa shape index (κ3) is 5.84. The van der Waals surface area contributed by atoms with Gasteiger partial charge in [0.1, 0.15) is 24.7 Å². The zero-order valence-corrected chi connectivity index (χ0v) is 14.4. The second-order valence-corrected chi connectivity index (χ2v) is 5.31. The Labute approximate surface area is 147 Å². The summed E-state index contributed by atoms with van der Waals surface area (Å²) >= 11 is 0. The van der Waals surface area contributed by atoms with Crippen LogP contribution >= 0.6 is 0 Å². The topological polar surface area (TPSA) is 67.9 Å². The number of rotatable bonds is 8. The number of para-hydroxylation sites is 1. The van der Waals surface area contributed by atoms with Gasteiger partial charge in [0, 0.05) is 12.6 Å². The van der Waals surface area contributed by atoms with Crippen LogP contribution in [0, 0.1) is 0 Å². The van der Waals surface area contributed by atoms with E-state index < -0.39 is 0 Å². The lowest BCUT2D eigenvalue weighted by Gasteiger charge is -2.20. The summed E-state index contributed by atoms with van der Waals surface area (Å²) in [6.45, 7) is 2.10. The van der Waals surface area contributed by atoms with Gasteiger partial charge in [-0.05, 0) is 36.4 Å². The number of hydrogen-bond acceptors (Lipinski definition) is 4. The molecule has 0 bridgehead atoms. The Balaban J connectivity index is 1.76. The summed E-state index contributed by atoms with van der Waals surface area (Å²) in [5.74, 6) is 1.03. The van der Waals surface area contributed by atoms with E-state index in [0.717, 1.165) is 5.75 Å². The van der Waals surface area contributed by atoms with E-state index in [0.29, 0.717) is 24.6 Å². The highest BCUT2D eigenvalue weighted by molar-refractivity contribution is 5.97. The van der Waals surface area contributed by atoms with Crippen LogP contribution in [0.5, 0.6) is 11.5 Å². The van der Waals surface area contributed by atoms with E-state index in [1.807, 2.05) is 18.2 Å². The van der Waals surface area contributed by atoms with Crippen LogP contribution < -0.4 is 19.7 Å². The molecule has 0 saturated heterocycles. The first-order valence-electron chi connectivity index (χ1n) is 7.97. The molecule has 0 fully saturated rings. The van der Waals surface area contributed by atoms with Gasteiger partial charge in [0.05, 0.1) is 13.7 Å². The Morgan fingerprint density at radius 3 is 2.24 bits per heavy atom. The van der Waals surface area contributed by atoms with Gasteiger partial charge < -0.3 is 19.7 Å². The number of methoxy groups -OCH3 is 1. The lowest BCUT2D eigenvalue weighted by Crippen LogP contribution is -2.41. The molecule has 0 radical (unpaired) electrons. The minimum absolute atomic E-state index is 0.0259. The fourth-order valence-corrected chi connectivity index (χ4v) is 2.22. The lowest BCUT2D eigenvalue weighted by molar-refractivity contribution is -0.123. The molecule has 6 heteroatoms. The molecule has 0 atom stereocenters. The summed E-state index contributed by atoms with van der Waals surface area (Å²) in [7, 11) is 1.60. The number of carbonyl (C=O) groups excluding carboxylic acids is 2. The number of anilines is 1. The number of ether oxygens (including phenoxy) is 2. The molecule has 0 aliphatic heterocycles. The van der Waals surface area contributed by atoms with Crippen molar-refractivity contribution in [2.45, 2.75) is 6.92 Å². The molecule has 0 aliphatic carbocycles. The van der Waals surface area contributed by atoms with Crippen molar-refractivity contribution >= 4 is 17.5 Å².